The fourth-order valence-corrected chi connectivity index (χ4v) is 3.07. The Morgan fingerprint density at radius 1 is 1.67 bits per heavy atom. The maximum absolute atomic E-state index is 5.97. The van der Waals surface area contributed by atoms with Crippen molar-refractivity contribution < 1.29 is 0 Å². The minimum Gasteiger partial charge on any atom is -0.314 e. The third-order valence-electron chi connectivity index (χ3n) is 3.16. The Bertz CT molecular complexity index is 322. The molecule has 2 rings (SSSR count). The molecular formula is C11H17ClN2S. The van der Waals surface area contributed by atoms with Crippen molar-refractivity contribution >= 4 is 22.9 Å². The van der Waals surface area contributed by atoms with Crippen LogP contribution >= 0.6 is 22.9 Å². The Morgan fingerprint density at radius 2 is 2.40 bits per heavy atom. The maximum Gasteiger partial charge on any atom is 0.0931 e. The van der Waals surface area contributed by atoms with E-state index in [0.29, 0.717) is 12.1 Å². The number of rotatable bonds is 4. The van der Waals surface area contributed by atoms with Crippen molar-refractivity contribution in [1.29, 1.82) is 0 Å². The van der Waals surface area contributed by atoms with E-state index in [0.717, 1.165) is 24.0 Å². The Balaban J connectivity index is 2.07. The molecule has 0 saturated carbocycles. The van der Waals surface area contributed by atoms with Crippen LogP contribution in [0.25, 0.3) is 0 Å². The first-order chi connectivity index (χ1) is 7.22. The minimum absolute atomic E-state index is 0.478. The van der Waals surface area contributed by atoms with Crippen LogP contribution in [-0.4, -0.2) is 30.6 Å². The van der Waals surface area contributed by atoms with Crippen molar-refractivity contribution in [1.82, 2.24) is 10.2 Å². The number of halogens is 1. The summed E-state index contributed by atoms with van der Waals surface area (Å²) in [6.45, 7) is 7.83. The van der Waals surface area contributed by atoms with Gasteiger partial charge in [0, 0.05) is 25.2 Å². The van der Waals surface area contributed by atoms with E-state index in [9.17, 15) is 0 Å². The van der Waals surface area contributed by atoms with Crippen LogP contribution in [0.3, 0.4) is 0 Å². The van der Waals surface area contributed by atoms with Gasteiger partial charge in [-0.1, -0.05) is 18.5 Å². The van der Waals surface area contributed by atoms with Gasteiger partial charge in [0.25, 0.3) is 0 Å². The van der Waals surface area contributed by atoms with Crippen LogP contribution in [0, 0.1) is 0 Å². The molecule has 1 N–H and O–H groups in total. The number of likely N-dealkylation sites (N-methyl/N-ethyl adjacent to an activating group) is 1. The van der Waals surface area contributed by atoms with Gasteiger partial charge < -0.3 is 5.32 Å². The van der Waals surface area contributed by atoms with Gasteiger partial charge in [0.2, 0.25) is 0 Å². The Labute approximate surface area is 100 Å². The van der Waals surface area contributed by atoms with Crippen molar-refractivity contribution in [3.05, 3.63) is 21.3 Å². The average Bonchev–Trinajstić information content (AvgIpc) is 2.57. The molecule has 1 aromatic heterocycles. The van der Waals surface area contributed by atoms with Crippen LogP contribution in [0.4, 0.5) is 0 Å². The first-order valence-electron chi connectivity index (χ1n) is 5.42. The zero-order chi connectivity index (χ0) is 10.8. The first kappa shape index (κ1) is 11.4. The topological polar surface area (TPSA) is 15.3 Å². The lowest BCUT2D eigenvalue weighted by atomic mass is 10.0. The Morgan fingerprint density at radius 3 is 2.80 bits per heavy atom. The number of nitrogens with zero attached hydrogens (tertiary/aromatic N) is 1. The Kier molecular flexibility index (Phi) is 3.67. The summed E-state index contributed by atoms with van der Waals surface area (Å²) in [5.41, 5.74) is 1.35. The molecule has 1 saturated heterocycles. The second-order valence-corrected chi connectivity index (χ2v) is 5.55. The molecule has 0 spiro atoms. The number of thiophene rings is 1. The molecule has 1 fully saturated rings. The van der Waals surface area contributed by atoms with Crippen molar-refractivity contribution in [3.63, 3.8) is 0 Å². The van der Waals surface area contributed by atoms with Gasteiger partial charge in [-0.15, -0.1) is 11.3 Å². The largest absolute Gasteiger partial charge is 0.314 e. The van der Waals surface area contributed by atoms with E-state index in [1.807, 2.05) is 0 Å². The van der Waals surface area contributed by atoms with E-state index in [4.69, 9.17) is 11.6 Å². The second-order valence-electron chi connectivity index (χ2n) is 4.00. The fourth-order valence-electron chi connectivity index (χ4n) is 2.09. The molecule has 1 aromatic rings. The van der Waals surface area contributed by atoms with Crippen LogP contribution < -0.4 is 5.32 Å². The number of hydrogen-bond acceptors (Lipinski definition) is 3. The molecule has 4 heteroatoms. The Hall–Kier alpha value is -0.0900. The third kappa shape index (κ3) is 2.36. The molecule has 2 nitrogen and oxygen atoms in total. The lowest BCUT2D eigenvalue weighted by Gasteiger charge is -2.41. The predicted molar refractivity (Wildman–Crippen MR) is 66.8 cm³/mol. The molecule has 0 bridgehead atoms. The maximum atomic E-state index is 5.97. The standard InChI is InChI=1S/C11H17ClN2S/c1-3-14(10-5-13-6-10)8(2)9-4-11(12)15-7-9/h4,7-8,10,13H,3,5-6H2,1-2H3. The summed E-state index contributed by atoms with van der Waals surface area (Å²) >= 11 is 7.59. The van der Waals surface area contributed by atoms with E-state index in [1.54, 1.807) is 11.3 Å². The average molecular weight is 245 g/mol. The first-order valence-corrected chi connectivity index (χ1v) is 6.68. The van der Waals surface area contributed by atoms with Crippen molar-refractivity contribution in [2.75, 3.05) is 19.6 Å². The van der Waals surface area contributed by atoms with Gasteiger partial charge in [-0.05, 0) is 30.5 Å². The van der Waals surface area contributed by atoms with E-state index >= 15 is 0 Å². The van der Waals surface area contributed by atoms with Gasteiger partial charge >= 0.3 is 0 Å². The summed E-state index contributed by atoms with van der Waals surface area (Å²) < 4.78 is 0.889. The van der Waals surface area contributed by atoms with Gasteiger partial charge in [-0.25, -0.2) is 0 Å². The highest BCUT2D eigenvalue weighted by molar-refractivity contribution is 7.14. The third-order valence-corrected chi connectivity index (χ3v) is 4.27. The minimum atomic E-state index is 0.478. The highest BCUT2D eigenvalue weighted by Gasteiger charge is 2.27. The molecule has 1 aliphatic rings. The molecule has 84 valence electrons. The van der Waals surface area contributed by atoms with E-state index in [2.05, 4.69) is 35.5 Å². The SMILES string of the molecule is CCN(C1CNC1)C(C)c1csc(Cl)c1. The van der Waals surface area contributed by atoms with Gasteiger partial charge in [-0.3, -0.25) is 4.90 Å². The lowest BCUT2D eigenvalue weighted by molar-refractivity contribution is 0.110. The van der Waals surface area contributed by atoms with Gasteiger partial charge in [0.1, 0.15) is 0 Å². The lowest BCUT2D eigenvalue weighted by Crippen LogP contribution is -2.57. The number of nitrogens with one attached hydrogen (secondary N) is 1. The van der Waals surface area contributed by atoms with Crippen molar-refractivity contribution in [2.45, 2.75) is 25.9 Å². The van der Waals surface area contributed by atoms with Crippen LogP contribution in [0.5, 0.6) is 0 Å². The van der Waals surface area contributed by atoms with Crippen LogP contribution in [-0.2, 0) is 0 Å². The van der Waals surface area contributed by atoms with E-state index < -0.39 is 0 Å². The highest BCUT2D eigenvalue weighted by atomic mass is 35.5. The van der Waals surface area contributed by atoms with Gasteiger partial charge in [0.15, 0.2) is 0 Å². The molecule has 2 heterocycles. The normalized spacial score (nSPS) is 19.2. The monoisotopic (exact) mass is 244 g/mol. The summed E-state index contributed by atoms with van der Waals surface area (Å²) in [4.78, 5) is 2.54. The molecule has 1 unspecified atom stereocenters. The second kappa shape index (κ2) is 4.83. The smallest absolute Gasteiger partial charge is 0.0931 e. The molecule has 15 heavy (non-hydrogen) atoms. The quantitative estimate of drug-likeness (QED) is 0.876. The zero-order valence-corrected chi connectivity index (χ0v) is 10.7. The van der Waals surface area contributed by atoms with Gasteiger partial charge in [0.05, 0.1) is 4.34 Å². The fraction of sp³-hybridized carbons (Fsp3) is 0.636. The summed E-state index contributed by atoms with van der Waals surface area (Å²) in [5, 5.41) is 5.49. The summed E-state index contributed by atoms with van der Waals surface area (Å²) in [6, 6.07) is 3.26. The molecule has 1 aliphatic heterocycles. The van der Waals surface area contributed by atoms with Crippen LogP contribution in [0.1, 0.15) is 25.5 Å². The molecule has 0 aromatic carbocycles. The highest BCUT2D eigenvalue weighted by Crippen LogP contribution is 2.29. The van der Waals surface area contributed by atoms with E-state index in [1.165, 1.54) is 5.56 Å². The van der Waals surface area contributed by atoms with E-state index in [-0.39, 0.29) is 0 Å². The predicted octanol–water partition coefficient (Wildman–Crippen LogP) is 2.76. The molecule has 0 amide bonds. The van der Waals surface area contributed by atoms with Crippen molar-refractivity contribution in [2.24, 2.45) is 0 Å². The molecular weight excluding hydrogens is 228 g/mol. The van der Waals surface area contributed by atoms with Gasteiger partial charge in [-0.2, -0.15) is 0 Å². The summed E-state index contributed by atoms with van der Waals surface area (Å²) in [6.07, 6.45) is 0. The molecule has 0 aliphatic carbocycles. The van der Waals surface area contributed by atoms with Crippen LogP contribution in [0.2, 0.25) is 4.34 Å². The molecule has 1 atom stereocenters. The molecule has 0 radical (unpaired) electrons. The summed E-state index contributed by atoms with van der Waals surface area (Å²) in [7, 11) is 0. The zero-order valence-electron chi connectivity index (χ0n) is 9.16. The van der Waals surface area contributed by atoms with Crippen molar-refractivity contribution in [3.8, 4) is 0 Å². The summed E-state index contributed by atoms with van der Waals surface area (Å²) in [5.74, 6) is 0. The van der Waals surface area contributed by atoms with Crippen LogP contribution in [0.15, 0.2) is 11.4 Å². The number of hydrogen-bond donors (Lipinski definition) is 1.